The number of nitrogens with one attached hydrogen (secondary N) is 1. The molecule has 0 aliphatic rings. The summed E-state index contributed by atoms with van der Waals surface area (Å²) in [6.45, 7) is 5.88. The quantitative estimate of drug-likeness (QED) is 0.722. The van der Waals surface area contributed by atoms with Gasteiger partial charge in [-0.05, 0) is 32.9 Å². The van der Waals surface area contributed by atoms with Gasteiger partial charge in [0.2, 0.25) is 0 Å². The second-order valence-electron chi connectivity index (χ2n) is 5.32. The summed E-state index contributed by atoms with van der Waals surface area (Å²) in [5.41, 5.74) is -0.468. The van der Waals surface area contributed by atoms with E-state index in [0.29, 0.717) is 22.3 Å². The third-order valence-electron chi connectivity index (χ3n) is 3.17. The normalized spacial score (nSPS) is 14.9. The first kappa shape index (κ1) is 17.5. The first-order valence-corrected chi connectivity index (χ1v) is 7.17. The van der Waals surface area contributed by atoms with Crippen LogP contribution in [0.3, 0.4) is 0 Å². The molecule has 1 aromatic carbocycles. The number of aliphatic hydroxyl groups is 2. The second kappa shape index (κ2) is 7.48. The van der Waals surface area contributed by atoms with Crippen LogP contribution in [0, 0.1) is 0 Å². The van der Waals surface area contributed by atoms with E-state index in [-0.39, 0.29) is 6.61 Å². The van der Waals surface area contributed by atoms with E-state index in [1.165, 1.54) is 0 Å². The molecule has 0 aliphatic carbocycles. The second-order valence-corrected chi connectivity index (χ2v) is 6.13. The average Bonchev–Trinajstić information content (AvgIpc) is 2.37. The zero-order valence-electron chi connectivity index (χ0n) is 11.9. The lowest BCUT2D eigenvalue weighted by atomic mass is 9.99. The molecule has 0 saturated carbocycles. The number of hydrogen-bond donors (Lipinski definition) is 3. The molecule has 0 spiro atoms. The number of benzene rings is 1. The van der Waals surface area contributed by atoms with Crippen LogP contribution < -0.4 is 10.1 Å². The Morgan fingerprint density at radius 3 is 2.45 bits per heavy atom. The van der Waals surface area contributed by atoms with Crippen LogP contribution in [0.15, 0.2) is 18.2 Å². The van der Waals surface area contributed by atoms with Crippen molar-refractivity contribution in [1.82, 2.24) is 5.32 Å². The van der Waals surface area contributed by atoms with Crippen molar-refractivity contribution in [3.8, 4) is 5.75 Å². The molecule has 0 bridgehead atoms. The Labute approximate surface area is 129 Å². The molecule has 0 aliphatic heterocycles. The lowest BCUT2D eigenvalue weighted by Crippen LogP contribution is -2.51. The largest absolute Gasteiger partial charge is 0.491 e. The van der Waals surface area contributed by atoms with Gasteiger partial charge in [0, 0.05) is 18.2 Å². The standard InChI is InChI=1S/C14H21Cl2NO3/c1-9(18)14(2,3)17-7-10(19)8-20-11-4-5-12(15)13(16)6-11/h4-6,9-10,17-19H,7-8H2,1-3H3. The summed E-state index contributed by atoms with van der Waals surface area (Å²) in [5, 5.41) is 23.4. The van der Waals surface area contributed by atoms with Crippen molar-refractivity contribution >= 4 is 23.2 Å². The molecular weight excluding hydrogens is 301 g/mol. The molecule has 4 nitrogen and oxygen atoms in total. The molecular formula is C14H21Cl2NO3. The minimum absolute atomic E-state index is 0.126. The molecule has 0 radical (unpaired) electrons. The van der Waals surface area contributed by atoms with Gasteiger partial charge < -0.3 is 20.3 Å². The highest BCUT2D eigenvalue weighted by atomic mass is 35.5. The molecule has 0 aromatic heterocycles. The van der Waals surface area contributed by atoms with Gasteiger partial charge in [0.05, 0.1) is 16.1 Å². The highest BCUT2D eigenvalue weighted by molar-refractivity contribution is 6.42. The SMILES string of the molecule is CC(O)C(C)(C)NCC(O)COc1ccc(Cl)c(Cl)c1. The maximum atomic E-state index is 9.85. The Hall–Kier alpha value is -0.520. The summed E-state index contributed by atoms with van der Waals surface area (Å²) < 4.78 is 5.43. The number of rotatable bonds is 7. The highest BCUT2D eigenvalue weighted by Gasteiger charge is 2.24. The van der Waals surface area contributed by atoms with Gasteiger partial charge in [-0.2, -0.15) is 0 Å². The maximum Gasteiger partial charge on any atom is 0.121 e. The number of halogens is 2. The monoisotopic (exact) mass is 321 g/mol. The first-order valence-electron chi connectivity index (χ1n) is 6.41. The lowest BCUT2D eigenvalue weighted by Gasteiger charge is -2.30. The summed E-state index contributed by atoms with van der Waals surface area (Å²) in [7, 11) is 0. The first-order chi connectivity index (χ1) is 9.22. The van der Waals surface area contributed by atoms with Gasteiger partial charge in [0.25, 0.3) is 0 Å². The van der Waals surface area contributed by atoms with Crippen molar-refractivity contribution in [3.05, 3.63) is 28.2 Å². The molecule has 0 heterocycles. The Morgan fingerprint density at radius 2 is 1.90 bits per heavy atom. The zero-order valence-corrected chi connectivity index (χ0v) is 13.4. The molecule has 20 heavy (non-hydrogen) atoms. The molecule has 6 heteroatoms. The molecule has 1 aromatic rings. The molecule has 114 valence electrons. The predicted octanol–water partition coefficient (Wildman–Crippen LogP) is 2.48. The van der Waals surface area contributed by atoms with Crippen molar-refractivity contribution in [1.29, 1.82) is 0 Å². The molecule has 0 fully saturated rings. The third kappa shape index (κ3) is 5.46. The minimum atomic E-state index is -0.692. The summed E-state index contributed by atoms with van der Waals surface area (Å²) >= 11 is 11.7. The van der Waals surface area contributed by atoms with E-state index in [1.807, 2.05) is 13.8 Å². The summed E-state index contributed by atoms with van der Waals surface area (Å²) in [6.07, 6.45) is -1.21. The van der Waals surface area contributed by atoms with Crippen LogP contribution in [-0.2, 0) is 0 Å². The van der Waals surface area contributed by atoms with E-state index < -0.39 is 17.7 Å². The number of β-amino-alcohol motifs (C(OH)–C–C–N with tert-alkyl or cyclic N) is 1. The summed E-state index contributed by atoms with van der Waals surface area (Å²) in [5.74, 6) is 0.549. The number of ether oxygens (including phenoxy) is 1. The number of hydrogen-bond acceptors (Lipinski definition) is 4. The van der Waals surface area contributed by atoms with Gasteiger partial charge in [-0.15, -0.1) is 0 Å². The summed E-state index contributed by atoms with van der Waals surface area (Å²) in [6, 6.07) is 4.93. The van der Waals surface area contributed by atoms with Gasteiger partial charge in [0.15, 0.2) is 0 Å². The van der Waals surface area contributed by atoms with Gasteiger partial charge in [-0.25, -0.2) is 0 Å². The molecule has 2 atom stereocenters. The fraction of sp³-hybridized carbons (Fsp3) is 0.571. The fourth-order valence-corrected chi connectivity index (χ4v) is 1.63. The van der Waals surface area contributed by atoms with E-state index in [2.05, 4.69) is 5.32 Å². The molecule has 0 amide bonds. The Morgan fingerprint density at radius 1 is 1.25 bits per heavy atom. The zero-order chi connectivity index (χ0) is 15.3. The van der Waals surface area contributed by atoms with Crippen molar-refractivity contribution in [3.63, 3.8) is 0 Å². The smallest absolute Gasteiger partial charge is 0.121 e. The van der Waals surface area contributed by atoms with Crippen LogP contribution >= 0.6 is 23.2 Å². The summed E-state index contributed by atoms with van der Waals surface area (Å²) in [4.78, 5) is 0. The average molecular weight is 322 g/mol. The topological polar surface area (TPSA) is 61.7 Å². The van der Waals surface area contributed by atoms with Crippen molar-refractivity contribution in [2.75, 3.05) is 13.2 Å². The van der Waals surface area contributed by atoms with Crippen LogP contribution in [0.1, 0.15) is 20.8 Å². The van der Waals surface area contributed by atoms with Crippen LogP contribution in [-0.4, -0.2) is 41.1 Å². The Kier molecular flexibility index (Phi) is 6.55. The third-order valence-corrected chi connectivity index (χ3v) is 3.91. The van der Waals surface area contributed by atoms with Crippen molar-refractivity contribution in [2.45, 2.75) is 38.5 Å². The van der Waals surface area contributed by atoms with E-state index in [1.54, 1.807) is 25.1 Å². The van der Waals surface area contributed by atoms with E-state index in [0.717, 1.165) is 0 Å². The number of aliphatic hydroxyl groups excluding tert-OH is 2. The van der Waals surface area contributed by atoms with Crippen LogP contribution in [0.5, 0.6) is 5.75 Å². The van der Waals surface area contributed by atoms with Gasteiger partial charge in [0.1, 0.15) is 18.5 Å². The van der Waals surface area contributed by atoms with Gasteiger partial charge in [-0.1, -0.05) is 23.2 Å². The van der Waals surface area contributed by atoms with Gasteiger partial charge >= 0.3 is 0 Å². The van der Waals surface area contributed by atoms with Crippen LogP contribution in [0.25, 0.3) is 0 Å². The Bertz CT molecular complexity index is 438. The lowest BCUT2D eigenvalue weighted by molar-refractivity contribution is 0.0648. The van der Waals surface area contributed by atoms with Crippen molar-refractivity contribution in [2.24, 2.45) is 0 Å². The van der Waals surface area contributed by atoms with E-state index in [4.69, 9.17) is 27.9 Å². The maximum absolute atomic E-state index is 9.85. The van der Waals surface area contributed by atoms with Crippen LogP contribution in [0.2, 0.25) is 10.0 Å². The van der Waals surface area contributed by atoms with Gasteiger partial charge in [-0.3, -0.25) is 0 Å². The molecule has 2 unspecified atom stereocenters. The molecule has 0 saturated heterocycles. The van der Waals surface area contributed by atoms with Crippen LogP contribution in [0.4, 0.5) is 0 Å². The van der Waals surface area contributed by atoms with Crippen molar-refractivity contribution < 1.29 is 14.9 Å². The minimum Gasteiger partial charge on any atom is -0.491 e. The fourth-order valence-electron chi connectivity index (χ4n) is 1.35. The highest BCUT2D eigenvalue weighted by Crippen LogP contribution is 2.26. The molecule has 3 N–H and O–H groups in total. The predicted molar refractivity (Wildman–Crippen MR) is 81.7 cm³/mol. The molecule has 1 rings (SSSR count). The van der Waals surface area contributed by atoms with E-state index in [9.17, 15) is 10.2 Å². The van der Waals surface area contributed by atoms with E-state index >= 15 is 0 Å². The Balaban J connectivity index is 2.40.